The van der Waals surface area contributed by atoms with E-state index in [0.717, 1.165) is 6.42 Å². The van der Waals surface area contributed by atoms with Crippen LogP contribution in [0.15, 0.2) is 41.1 Å². The highest BCUT2D eigenvalue weighted by molar-refractivity contribution is 5.94. The van der Waals surface area contributed by atoms with Crippen LogP contribution in [0.25, 0.3) is 11.6 Å². The molecular weight excluding hydrogens is 308 g/mol. The number of hydrogen-bond acceptors (Lipinski definition) is 6. The number of nitrogens with zero attached hydrogens (tertiary/aromatic N) is 6. The zero-order valence-electron chi connectivity index (χ0n) is 13.2. The maximum absolute atomic E-state index is 12.5. The van der Waals surface area contributed by atoms with Crippen molar-refractivity contribution < 1.29 is 9.32 Å². The lowest BCUT2D eigenvalue weighted by molar-refractivity contribution is 0.0787. The van der Waals surface area contributed by atoms with Gasteiger partial charge in [0.2, 0.25) is 0 Å². The average molecular weight is 324 g/mol. The Morgan fingerprint density at radius 2 is 2.12 bits per heavy atom. The van der Waals surface area contributed by atoms with E-state index in [4.69, 9.17) is 4.52 Å². The van der Waals surface area contributed by atoms with Crippen molar-refractivity contribution in [1.82, 2.24) is 30.0 Å². The molecule has 1 unspecified atom stereocenters. The molecule has 1 saturated heterocycles. The van der Waals surface area contributed by atoms with Gasteiger partial charge >= 0.3 is 0 Å². The highest BCUT2D eigenvalue weighted by Gasteiger charge is 2.29. The van der Waals surface area contributed by atoms with E-state index < -0.39 is 0 Å². The molecule has 1 aliphatic heterocycles. The van der Waals surface area contributed by atoms with Gasteiger partial charge in [-0.3, -0.25) is 4.79 Å². The van der Waals surface area contributed by atoms with E-state index in [2.05, 4.69) is 20.5 Å². The summed E-state index contributed by atoms with van der Waals surface area (Å²) in [5.41, 5.74) is 1.25. The molecule has 0 bridgehead atoms. The Morgan fingerprint density at radius 3 is 2.88 bits per heavy atom. The summed E-state index contributed by atoms with van der Waals surface area (Å²) in [5.74, 6) is 0.958. The predicted octanol–water partition coefficient (Wildman–Crippen LogP) is 1.72. The molecule has 1 aromatic carbocycles. The molecule has 1 amide bonds. The molecule has 3 aromatic rings. The van der Waals surface area contributed by atoms with Gasteiger partial charge in [0.15, 0.2) is 11.5 Å². The van der Waals surface area contributed by atoms with Crippen molar-refractivity contribution >= 4 is 5.91 Å². The third-order valence-electron chi connectivity index (χ3n) is 4.10. The molecule has 0 N–H and O–H groups in total. The van der Waals surface area contributed by atoms with Gasteiger partial charge in [-0.15, -0.1) is 5.10 Å². The van der Waals surface area contributed by atoms with Crippen molar-refractivity contribution in [3.8, 4) is 11.6 Å². The average Bonchev–Trinajstić information content (AvgIpc) is 3.34. The van der Waals surface area contributed by atoms with Gasteiger partial charge in [0.05, 0.1) is 12.2 Å². The molecule has 4 rings (SSSR count). The minimum absolute atomic E-state index is 0.0472. The standard InChI is InChI=1S/C16H16N6O2/c1-11-17-15(24-19-11)14-10-22(20-18-14)13-7-8-21(9-13)16(23)12-5-3-2-4-6-12/h2-6,10,13H,7-9H2,1H3. The van der Waals surface area contributed by atoms with Gasteiger partial charge < -0.3 is 9.42 Å². The number of hydrogen-bond donors (Lipinski definition) is 0. The number of aromatic nitrogens is 5. The summed E-state index contributed by atoms with van der Waals surface area (Å²) in [5, 5.41) is 12.0. The van der Waals surface area contributed by atoms with Crippen LogP contribution in [0.2, 0.25) is 0 Å². The van der Waals surface area contributed by atoms with E-state index in [9.17, 15) is 4.79 Å². The van der Waals surface area contributed by atoms with Crippen LogP contribution in [-0.2, 0) is 0 Å². The number of likely N-dealkylation sites (tertiary alicyclic amines) is 1. The van der Waals surface area contributed by atoms with Crippen molar-refractivity contribution in [2.75, 3.05) is 13.1 Å². The van der Waals surface area contributed by atoms with Gasteiger partial charge in [0, 0.05) is 18.7 Å². The molecule has 122 valence electrons. The molecule has 8 heteroatoms. The fraction of sp³-hybridized carbons (Fsp3) is 0.312. The van der Waals surface area contributed by atoms with Crippen LogP contribution >= 0.6 is 0 Å². The number of aryl methyl sites for hydroxylation is 1. The maximum atomic E-state index is 12.5. The Bertz CT molecular complexity index is 856. The summed E-state index contributed by atoms with van der Waals surface area (Å²) in [4.78, 5) is 18.5. The Kier molecular flexibility index (Phi) is 3.56. The Hall–Kier alpha value is -3.03. The fourth-order valence-electron chi connectivity index (χ4n) is 2.86. The van der Waals surface area contributed by atoms with Gasteiger partial charge in [0.1, 0.15) is 0 Å². The molecule has 3 heterocycles. The third-order valence-corrected chi connectivity index (χ3v) is 4.10. The Labute approximate surface area is 138 Å². The zero-order valence-corrected chi connectivity index (χ0v) is 13.2. The van der Waals surface area contributed by atoms with Crippen LogP contribution in [0.1, 0.15) is 28.6 Å². The second-order valence-electron chi connectivity index (χ2n) is 5.79. The molecule has 0 saturated carbocycles. The monoisotopic (exact) mass is 324 g/mol. The van der Waals surface area contributed by atoms with Crippen molar-refractivity contribution in [1.29, 1.82) is 0 Å². The topological polar surface area (TPSA) is 89.9 Å². The molecule has 0 aliphatic carbocycles. The van der Waals surface area contributed by atoms with E-state index in [0.29, 0.717) is 36.1 Å². The maximum Gasteiger partial charge on any atom is 0.280 e. The smallest absolute Gasteiger partial charge is 0.280 e. The lowest BCUT2D eigenvalue weighted by Gasteiger charge is -2.16. The van der Waals surface area contributed by atoms with Gasteiger partial charge in [-0.2, -0.15) is 4.98 Å². The van der Waals surface area contributed by atoms with Crippen LogP contribution in [0, 0.1) is 6.92 Å². The SMILES string of the molecule is Cc1noc(-c2cn(C3CCN(C(=O)c4ccccc4)C3)nn2)n1. The normalized spacial score (nSPS) is 17.4. The van der Waals surface area contributed by atoms with Crippen molar-refractivity contribution in [2.45, 2.75) is 19.4 Å². The second-order valence-corrected chi connectivity index (χ2v) is 5.79. The molecule has 2 aromatic heterocycles. The summed E-state index contributed by atoms with van der Waals surface area (Å²) < 4.78 is 6.87. The van der Waals surface area contributed by atoms with Gasteiger partial charge in [-0.1, -0.05) is 28.6 Å². The quantitative estimate of drug-likeness (QED) is 0.729. The molecule has 1 atom stereocenters. The first-order valence-electron chi connectivity index (χ1n) is 7.77. The summed E-state index contributed by atoms with van der Waals surface area (Å²) >= 11 is 0. The predicted molar refractivity (Wildman–Crippen MR) is 84.1 cm³/mol. The summed E-state index contributed by atoms with van der Waals surface area (Å²) in [6, 6.07) is 9.42. The first-order valence-corrected chi connectivity index (χ1v) is 7.77. The van der Waals surface area contributed by atoms with Crippen molar-refractivity contribution in [2.24, 2.45) is 0 Å². The highest BCUT2D eigenvalue weighted by atomic mass is 16.5. The third kappa shape index (κ3) is 2.66. The molecule has 1 aliphatic rings. The van der Waals surface area contributed by atoms with Gasteiger partial charge in [0.25, 0.3) is 11.8 Å². The first kappa shape index (κ1) is 14.6. The number of carbonyl (C=O) groups is 1. The van der Waals surface area contributed by atoms with E-state index in [1.54, 1.807) is 17.8 Å². The minimum Gasteiger partial charge on any atom is -0.336 e. The number of amides is 1. The Balaban J connectivity index is 1.47. The van der Waals surface area contributed by atoms with E-state index in [1.807, 2.05) is 35.2 Å². The summed E-state index contributed by atoms with van der Waals surface area (Å²) in [6.45, 7) is 3.06. The van der Waals surface area contributed by atoms with Crippen LogP contribution in [0.3, 0.4) is 0 Å². The van der Waals surface area contributed by atoms with E-state index in [-0.39, 0.29) is 11.9 Å². The molecule has 24 heavy (non-hydrogen) atoms. The van der Waals surface area contributed by atoms with Gasteiger partial charge in [-0.05, 0) is 25.5 Å². The largest absolute Gasteiger partial charge is 0.336 e. The van der Waals surface area contributed by atoms with E-state index >= 15 is 0 Å². The zero-order chi connectivity index (χ0) is 16.5. The van der Waals surface area contributed by atoms with Crippen LogP contribution in [-0.4, -0.2) is 49.0 Å². The summed E-state index contributed by atoms with van der Waals surface area (Å²) in [6.07, 6.45) is 2.62. The molecule has 0 radical (unpaired) electrons. The Morgan fingerprint density at radius 1 is 1.29 bits per heavy atom. The molecule has 8 nitrogen and oxygen atoms in total. The second kappa shape index (κ2) is 5.88. The number of benzene rings is 1. The lowest BCUT2D eigenvalue weighted by atomic mass is 10.2. The van der Waals surface area contributed by atoms with Crippen LogP contribution in [0.5, 0.6) is 0 Å². The van der Waals surface area contributed by atoms with Crippen LogP contribution < -0.4 is 0 Å². The van der Waals surface area contributed by atoms with E-state index in [1.165, 1.54) is 0 Å². The van der Waals surface area contributed by atoms with Crippen LogP contribution in [0.4, 0.5) is 0 Å². The first-order chi connectivity index (χ1) is 11.7. The summed E-state index contributed by atoms with van der Waals surface area (Å²) in [7, 11) is 0. The molecule has 0 spiro atoms. The number of carbonyl (C=O) groups excluding carboxylic acids is 1. The lowest BCUT2D eigenvalue weighted by Crippen LogP contribution is -2.29. The van der Waals surface area contributed by atoms with Crippen molar-refractivity contribution in [3.63, 3.8) is 0 Å². The fourth-order valence-corrected chi connectivity index (χ4v) is 2.86. The molecular formula is C16H16N6O2. The van der Waals surface area contributed by atoms with Crippen molar-refractivity contribution in [3.05, 3.63) is 47.9 Å². The minimum atomic E-state index is 0.0472. The number of rotatable bonds is 3. The molecule has 1 fully saturated rings. The highest BCUT2D eigenvalue weighted by Crippen LogP contribution is 2.24. The van der Waals surface area contributed by atoms with Gasteiger partial charge in [-0.25, -0.2) is 4.68 Å².